The van der Waals surface area contributed by atoms with Gasteiger partial charge < -0.3 is 26.4 Å². The Bertz CT molecular complexity index is 998. The van der Waals surface area contributed by atoms with E-state index in [2.05, 4.69) is 59.6 Å². The van der Waals surface area contributed by atoms with Crippen molar-refractivity contribution in [3.05, 3.63) is 47.3 Å². The van der Waals surface area contributed by atoms with Crippen molar-refractivity contribution in [2.24, 2.45) is 5.73 Å². The Hall–Kier alpha value is -2.64. The summed E-state index contributed by atoms with van der Waals surface area (Å²) in [6, 6.07) is 5.99. The molecule has 0 unspecified atom stereocenters. The SMILES string of the molecule is CC(C)(C)Nc1nc(Nc2cc(C(C)(C)N)ccn2)cc2c1C1(CC1)N(CCO)C=C2. The van der Waals surface area contributed by atoms with Crippen molar-refractivity contribution in [2.45, 2.75) is 64.1 Å². The average molecular weight is 423 g/mol. The van der Waals surface area contributed by atoms with Gasteiger partial charge >= 0.3 is 0 Å². The number of hydrogen-bond donors (Lipinski definition) is 4. The lowest BCUT2D eigenvalue weighted by atomic mass is 9.93. The molecule has 2 aromatic rings. The van der Waals surface area contributed by atoms with E-state index in [1.165, 1.54) is 5.56 Å². The van der Waals surface area contributed by atoms with Crippen molar-refractivity contribution in [2.75, 3.05) is 23.8 Å². The summed E-state index contributed by atoms with van der Waals surface area (Å²) in [4.78, 5) is 11.7. The highest BCUT2D eigenvalue weighted by Gasteiger charge is 2.52. The fourth-order valence-corrected chi connectivity index (χ4v) is 4.23. The molecule has 166 valence electrons. The second-order valence-electron chi connectivity index (χ2n) is 10.2. The van der Waals surface area contributed by atoms with E-state index in [0.717, 1.165) is 35.6 Å². The second-order valence-corrected chi connectivity index (χ2v) is 10.2. The summed E-state index contributed by atoms with van der Waals surface area (Å²) < 4.78 is 0. The molecule has 7 nitrogen and oxygen atoms in total. The first kappa shape index (κ1) is 21.6. The van der Waals surface area contributed by atoms with Crippen LogP contribution in [0.2, 0.25) is 0 Å². The highest BCUT2D eigenvalue weighted by Crippen LogP contribution is 2.56. The van der Waals surface area contributed by atoms with Crippen LogP contribution in [0.4, 0.5) is 17.5 Å². The molecular weight excluding hydrogens is 388 g/mol. The largest absolute Gasteiger partial charge is 0.395 e. The van der Waals surface area contributed by atoms with Crippen molar-refractivity contribution < 1.29 is 5.11 Å². The molecule has 0 bridgehead atoms. The summed E-state index contributed by atoms with van der Waals surface area (Å²) in [6.07, 6.45) is 8.11. The highest BCUT2D eigenvalue weighted by atomic mass is 16.3. The molecule has 2 aromatic heterocycles. The Kier molecular flexibility index (Phi) is 5.22. The summed E-state index contributed by atoms with van der Waals surface area (Å²) in [5.41, 5.74) is 8.97. The van der Waals surface area contributed by atoms with E-state index in [1.54, 1.807) is 6.20 Å². The van der Waals surface area contributed by atoms with E-state index >= 15 is 0 Å². The molecule has 1 saturated carbocycles. The summed E-state index contributed by atoms with van der Waals surface area (Å²) >= 11 is 0. The number of aromatic nitrogens is 2. The zero-order valence-electron chi connectivity index (χ0n) is 19.2. The Morgan fingerprint density at radius 3 is 2.52 bits per heavy atom. The number of nitrogens with zero attached hydrogens (tertiary/aromatic N) is 3. The maximum Gasteiger partial charge on any atom is 0.135 e. The number of rotatable bonds is 6. The van der Waals surface area contributed by atoms with Crippen molar-refractivity contribution in [3.8, 4) is 0 Å². The van der Waals surface area contributed by atoms with Crippen LogP contribution < -0.4 is 16.4 Å². The fraction of sp³-hybridized carbons (Fsp3) is 0.500. The lowest BCUT2D eigenvalue weighted by Crippen LogP contribution is -2.38. The van der Waals surface area contributed by atoms with E-state index in [9.17, 15) is 5.11 Å². The first-order valence-electron chi connectivity index (χ1n) is 10.9. The molecule has 4 rings (SSSR count). The van der Waals surface area contributed by atoms with Crippen LogP contribution in [-0.4, -0.2) is 38.7 Å². The van der Waals surface area contributed by atoms with Gasteiger partial charge in [-0.25, -0.2) is 9.97 Å². The molecule has 1 spiro atoms. The van der Waals surface area contributed by atoms with Gasteiger partial charge in [-0.2, -0.15) is 0 Å². The lowest BCUT2D eigenvalue weighted by molar-refractivity contribution is 0.186. The molecule has 31 heavy (non-hydrogen) atoms. The lowest BCUT2D eigenvalue weighted by Gasteiger charge is -2.37. The van der Waals surface area contributed by atoms with Crippen molar-refractivity contribution >= 4 is 23.5 Å². The van der Waals surface area contributed by atoms with Gasteiger partial charge in [0.2, 0.25) is 0 Å². The summed E-state index contributed by atoms with van der Waals surface area (Å²) in [5, 5.41) is 16.5. The number of nitrogens with one attached hydrogen (secondary N) is 2. The van der Waals surface area contributed by atoms with Crippen LogP contribution in [0.15, 0.2) is 30.6 Å². The number of fused-ring (bicyclic) bond motifs is 2. The van der Waals surface area contributed by atoms with Crippen molar-refractivity contribution in [3.63, 3.8) is 0 Å². The number of nitrogens with two attached hydrogens (primary N) is 1. The van der Waals surface area contributed by atoms with E-state index < -0.39 is 5.54 Å². The van der Waals surface area contributed by atoms with Gasteiger partial charge in [-0.15, -0.1) is 0 Å². The molecule has 7 heteroatoms. The van der Waals surface area contributed by atoms with Crippen LogP contribution in [0.25, 0.3) is 6.08 Å². The van der Waals surface area contributed by atoms with Crippen LogP contribution in [0.5, 0.6) is 0 Å². The standard InChI is InChI=1S/C24H34N6O/c1-22(2,3)29-21-20-16(7-11-30(12-13-31)24(20)8-9-24)14-19(28-21)27-18-15-17(6-10-26-18)23(4,5)25/h6-7,10-11,14-15,31H,8-9,12-13,25H2,1-5H3,(H2,26,27,28,29). The number of pyridine rings is 2. The molecule has 0 amide bonds. The minimum atomic E-state index is -0.446. The summed E-state index contributed by atoms with van der Waals surface area (Å²) in [6.45, 7) is 11.1. The molecule has 1 aliphatic carbocycles. The number of β-amino-alcohol motifs (C(OH)–C–C–N with tert-alkyl or cyclic N) is 1. The topological polar surface area (TPSA) is 99.3 Å². The first-order chi connectivity index (χ1) is 14.5. The summed E-state index contributed by atoms with van der Waals surface area (Å²) in [5.74, 6) is 2.33. The third kappa shape index (κ3) is 4.38. The highest BCUT2D eigenvalue weighted by molar-refractivity contribution is 5.73. The van der Waals surface area contributed by atoms with Gasteiger partial charge in [0, 0.05) is 35.6 Å². The Morgan fingerprint density at radius 2 is 1.90 bits per heavy atom. The Labute approximate surface area is 184 Å². The molecule has 0 atom stereocenters. The molecule has 0 aromatic carbocycles. The zero-order chi connectivity index (χ0) is 22.4. The van der Waals surface area contributed by atoms with Crippen LogP contribution in [0, 0.1) is 0 Å². The number of hydrogen-bond acceptors (Lipinski definition) is 7. The Morgan fingerprint density at radius 1 is 1.16 bits per heavy atom. The Balaban J connectivity index is 1.75. The third-order valence-electron chi connectivity index (χ3n) is 5.82. The molecule has 0 saturated heterocycles. The predicted molar refractivity (Wildman–Crippen MR) is 126 cm³/mol. The van der Waals surface area contributed by atoms with Gasteiger partial charge in [-0.3, -0.25) is 0 Å². The van der Waals surface area contributed by atoms with Gasteiger partial charge in [-0.1, -0.05) is 0 Å². The molecule has 5 N–H and O–H groups in total. The van der Waals surface area contributed by atoms with E-state index in [-0.39, 0.29) is 17.7 Å². The van der Waals surface area contributed by atoms with Gasteiger partial charge in [0.25, 0.3) is 0 Å². The quantitative estimate of drug-likeness (QED) is 0.560. The van der Waals surface area contributed by atoms with Gasteiger partial charge in [0.15, 0.2) is 0 Å². The second kappa shape index (κ2) is 7.50. The molecule has 1 fully saturated rings. The number of aliphatic hydroxyl groups is 1. The first-order valence-corrected chi connectivity index (χ1v) is 10.9. The molecule has 1 aliphatic heterocycles. The average Bonchev–Trinajstić information content (AvgIpc) is 3.43. The van der Waals surface area contributed by atoms with E-state index in [4.69, 9.17) is 10.7 Å². The minimum absolute atomic E-state index is 0.0757. The van der Waals surface area contributed by atoms with Crippen LogP contribution in [0.1, 0.15) is 64.2 Å². The molecule has 3 heterocycles. The maximum atomic E-state index is 9.54. The van der Waals surface area contributed by atoms with Crippen molar-refractivity contribution in [1.29, 1.82) is 0 Å². The predicted octanol–water partition coefficient (Wildman–Crippen LogP) is 3.89. The fourth-order valence-electron chi connectivity index (χ4n) is 4.23. The molecule has 2 aliphatic rings. The van der Waals surface area contributed by atoms with Gasteiger partial charge in [0.05, 0.1) is 12.1 Å². The minimum Gasteiger partial charge on any atom is -0.395 e. The van der Waals surface area contributed by atoms with Crippen LogP contribution in [-0.2, 0) is 11.1 Å². The molecular formula is C24H34N6O. The monoisotopic (exact) mass is 422 g/mol. The molecule has 0 radical (unpaired) electrons. The normalized spacial score (nSPS) is 16.9. The zero-order valence-corrected chi connectivity index (χ0v) is 19.2. The van der Waals surface area contributed by atoms with Crippen LogP contribution in [0.3, 0.4) is 0 Å². The van der Waals surface area contributed by atoms with Crippen LogP contribution >= 0.6 is 0 Å². The van der Waals surface area contributed by atoms with E-state index in [1.807, 2.05) is 26.0 Å². The summed E-state index contributed by atoms with van der Waals surface area (Å²) in [7, 11) is 0. The number of aliphatic hydroxyl groups excluding tert-OH is 1. The third-order valence-corrected chi connectivity index (χ3v) is 5.82. The van der Waals surface area contributed by atoms with Gasteiger partial charge in [-0.05, 0) is 82.9 Å². The number of anilines is 3. The smallest absolute Gasteiger partial charge is 0.135 e. The van der Waals surface area contributed by atoms with Gasteiger partial charge in [0.1, 0.15) is 17.5 Å². The van der Waals surface area contributed by atoms with Crippen molar-refractivity contribution in [1.82, 2.24) is 14.9 Å². The van der Waals surface area contributed by atoms with E-state index in [0.29, 0.717) is 12.4 Å². The maximum absolute atomic E-state index is 9.54.